The second-order valence-electron chi connectivity index (χ2n) is 7.06. The van der Waals surface area contributed by atoms with E-state index in [1.54, 1.807) is 0 Å². The van der Waals surface area contributed by atoms with Gasteiger partial charge in [0.1, 0.15) is 18.9 Å². The zero-order valence-corrected chi connectivity index (χ0v) is 15.4. The van der Waals surface area contributed by atoms with Gasteiger partial charge in [0.2, 0.25) is 11.9 Å². The topological polar surface area (TPSA) is 67.4 Å². The molecular formula is C17H19F6N5O. The van der Waals surface area contributed by atoms with E-state index in [2.05, 4.69) is 4.98 Å². The van der Waals surface area contributed by atoms with Gasteiger partial charge in [0.05, 0.1) is 17.1 Å². The third-order valence-electron chi connectivity index (χ3n) is 4.78. The molecule has 1 unspecified atom stereocenters. The fourth-order valence-corrected chi connectivity index (χ4v) is 3.21. The van der Waals surface area contributed by atoms with Crippen LogP contribution in [0.4, 0.5) is 32.3 Å². The number of piperidine rings is 1. The lowest BCUT2D eigenvalue weighted by Crippen LogP contribution is -2.56. The Hall–Kier alpha value is -2.50. The molecule has 1 amide bonds. The van der Waals surface area contributed by atoms with E-state index in [9.17, 15) is 31.1 Å². The third-order valence-corrected chi connectivity index (χ3v) is 4.78. The molecule has 3 rings (SSSR count). The Morgan fingerprint density at radius 3 is 2.69 bits per heavy atom. The molecule has 0 saturated carbocycles. The van der Waals surface area contributed by atoms with Crippen LogP contribution in [-0.4, -0.2) is 65.2 Å². The molecule has 12 heteroatoms. The van der Waals surface area contributed by atoms with Crippen LogP contribution >= 0.6 is 0 Å². The summed E-state index contributed by atoms with van der Waals surface area (Å²) in [6, 6.07) is 2.08. The number of anilines is 1. The summed E-state index contributed by atoms with van der Waals surface area (Å²) < 4.78 is 80.1. The van der Waals surface area contributed by atoms with Crippen molar-refractivity contribution in [3.8, 4) is 0 Å². The van der Waals surface area contributed by atoms with Gasteiger partial charge in [-0.15, -0.1) is 0 Å². The van der Waals surface area contributed by atoms with E-state index in [4.69, 9.17) is 5.73 Å². The van der Waals surface area contributed by atoms with Crippen molar-refractivity contribution in [1.29, 1.82) is 0 Å². The summed E-state index contributed by atoms with van der Waals surface area (Å²) in [7, 11) is 0.993. The van der Waals surface area contributed by atoms with Crippen molar-refractivity contribution < 1.29 is 31.1 Å². The quantitative estimate of drug-likeness (QED) is 0.767. The molecule has 1 aromatic carbocycles. The first-order chi connectivity index (χ1) is 13.4. The lowest BCUT2D eigenvalue weighted by molar-refractivity contribution is -0.158. The average Bonchev–Trinajstić information content (AvgIpc) is 2.93. The molecule has 0 bridgehead atoms. The highest BCUT2D eigenvalue weighted by Gasteiger charge is 2.43. The molecule has 1 aliphatic rings. The summed E-state index contributed by atoms with van der Waals surface area (Å²) in [5, 5.41) is 0. The van der Waals surface area contributed by atoms with Crippen molar-refractivity contribution in [3.63, 3.8) is 0 Å². The SMILES string of the molecule is CN(CC(F)(F)F)C(=O)Cn1c(N2CCC(F)(F)C(N)C2)nc2ccc(F)cc21. The summed E-state index contributed by atoms with van der Waals surface area (Å²) >= 11 is 0. The number of hydrogen-bond donors (Lipinski definition) is 1. The summed E-state index contributed by atoms with van der Waals surface area (Å²) in [6.45, 7) is -2.42. The standard InChI is InChI=1S/C17H19F6N5O/c1-26(9-17(21,22)23)14(29)8-28-12-6-10(18)2-3-11(12)25-15(28)27-5-4-16(19,20)13(24)7-27/h2-3,6,13H,4-5,7-9,24H2,1H3. The number of alkyl halides is 5. The van der Waals surface area contributed by atoms with Gasteiger partial charge in [0, 0.05) is 26.6 Å². The lowest BCUT2D eigenvalue weighted by Gasteiger charge is -2.37. The monoisotopic (exact) mass is 423 g/mol. The normalized spacial score (nSPS) is 19.6. The Labute approximate surface area is 161 Å². The second kappa shape index (κ2) is 7.39. The number of benzene rings is 1. The number of halogens is 6. The van der Waals surface area contributed by atoms with Crippen molar-refractivity contribution in [2.45, 2.75) is 31.1 Å². The predicted molar refractivity (Wildman–Crippen MR) is 93.1 cm³/mol. The summed E-state index contributed by atoms with van der Waals surface area (Å²) in [6.07, 6.45) is -5.13. The van der Waals surface area contributed by atoms with E-state index in [-0.39, 0.29) is 30.1 Å². The Morgan fingerprint density at radius 1 is 1.38 bits per heavy atom. The van der Waals surface area contributed by atoms with Crippen LogP contribution in [0.25, 0.3) is 11.0 Å². The fraction of sp³-hybridized carbons (Fsp3) is 0.529. The van der Waals surface area contributed by atoms with Gasteiger partial charge in [-0.3, -0.25) is 4.79 Å². The van der Waals surface area contributed by atoms with E-state index >= 15 is 0 Å². The van der Waals surface area contributed by atoms with Crippen molar-refractivity contribution >= 4 is 22.9 Å². The number of aromatic nitrogens is 2. The average molecular weight is 423 g/mol. The van der Waals surface area contributed by atoms with Gasteiger partial charge >= 0.3 is 6.18 Å². The van der Waals surface area contributed by atoms with E-state index in [0.29, 0.717) is 4.90 Å². The Morgan fingerprint density at radius 2 is 2.07 bits per heavy atom. The van der Waals surface area contributed by atoms with Gasteiger partial charge in [0.25, 0.3) is 5.92 Å². The number of hydrogen-bond acceptors (Lipinski definition) is 4. The first-order valence-electron chi connectivity index (χ1n) is 8.72. The van der Waals surface area contributed by atoms with Crippen LogP contribution in [0.1, 0.15) is 6.42 Å². The number of imidazole rings is 1. The number of carbonyl (C=O) groups excluding carboxylic acids is 1. The molecule has 1 atom stereocenters. The third kappa shape index (κ3) is 4.57. The Balaban J connectivity index is 1.95. The number of carbonyl (C=O) groups is 1. The van der Waals surface area contributed by atoms with E-state index in [0.717, 1.165) is 19.2 Å². The van der Waals surface area contributed by atoms with Crippen LogP contribution in [0.5, 0.6) is 0 Å². The van der Waals surface area contributed by atoms with Gasteiger partial charge in [-0.05, 0) is 18.2 Å². The van der Waals surface area contributed by atoms with Crippen LogP contribution in [0.2, 0.25) is 0 Å². The molecule has 29 heavy (non-hydrogen) atoms. The Kier molecular flexibility index (Phi) is 5.41. The summed E-state index contributed by atoms with van der Waals surface area (Å²) in [4.78, 5) is 18.5. The maximum absolute atomic E-state index is 13.7. The molecule has 6 nitrogen and oxygen atoms in total. The molecule has 160 valence electrons. The number of nitrogens with two attached hydrogens (primary N) is 1. The molecule has 1 aliphatic heterocycles. The summed E-state index contributed by atoms with van der Waals surface area (Å²) in [5.74, 6) is -4.52. The maximum Gasteiger partial charge on any atom is 0.406 e. The highest BCUT2D eigenvalue weighted by Crippen LogP contribution is 2.31. The molecular weight excluding hydrogens is 404 g/mol. The number of amides is 1. The van der Waals surface area contributed by atoms with Crippen LogP contribution in [-0.2, 0) is 11.3 Å². The minimum atomic E-state index is -4.58. The van der Waals surface area contributed by atoms with Gasteiger partial charge in [-0.25, -0.2) is 18.2 Å². The molecule has 1 fully saturated rings. The van der Waals surface area contributed by atoms with Crippen LogP contribution in [0.3, 0.4) is 0 Å². The van der Waals surface area contributed by atoms with Gasteiger partial charge in [-0.2, -0.15) is 13.2 Å². The van der Waals surface area contributed by atoms with Crippen molar-refractivity contribution in [3.05, 3.63) is 24.0 Å². The van der Waals surface area contributed by atoms with Crippen molar-refractivity contribution in [2.24, 2.45) is 5.73 Å². The number of fused-ring (bicyclic) bond motifs is 1. The smallest absolute Gasteiger partial charge is 0.340 e. The number of nitrogens with zero attached hydrogens (tertiary/aromatic N) is 4. The largest absolute Gasteiger partial charge is 0.406 e. The molecule has 2 N–H and O–H groups in total. The summed E-state index contributed by atoms with van der Waals surface area (Å²) in [5.41, 5.74) is 5.98. The maximum atomic E-state index is 13.7. The molecule has 0 radical (unpaired) electrons. The van der Waals surface area contributed by atoms with Gasteiger partial charge < -0.3 is 20.1 Å². The second-order valence-corrected chi connectivity index (χ2v) is 7.06. The molecule has 1 aromatic heterocycles. The van der Waals surface area contributed by atoms with Crippen LogP contribution in [0, 0.1) is 5.82 Å². The lowest BCUT2D eigenvalue weighted by atomic mass is 10.0. The molecule has 2 heterocycles. The first-order valence-corrected chi connectivity index (χ1v) is 8.72. The fourth-order valence-electron chi connectivity index (χ4n) is 3.21. The highest BCUT2D eigenvalue weighted by atomic mass is 19.4. The van der Waals surface area contributed by atoms with Gasteiger partial charge in [0.15, 0.2) is 0 Å². The molecule has 0 aliphatic carbocycles. The minimum Gasteiger partial charge on any atom is -0.340 e. The number of likely N-dealkylation sites (N-methyl/N-ethyl adjacent to an activating group) is 1. The van der Waals surface area contributed by atoms with E-state index < -0.39 is 49.4 Å². The zero-order valence-electron chi connectivity index (χ0n) is 15.4. The van der Waals surface area contributed by atoms with E-state index in [1.807, 2.05) is 0 Å². The van der Waals surface area contributed by atoms with Crippen molar-refractivity contribution in [2.75, 3.05) is 31.6 Å². The molecule has 2 aromatic rings. The van der Waals surface area contributed by atoms with Crippen LogP contribution < -0.4 is 10.6 Å². The van der Waals surface area contributed by atoms with Crippen molar-refractivity contribution in [1.82, 2.24) is 14.5 Å². The molecule has 0 spiro atoms. The highest BCUT2D eigenvalue weighted by molar-refractivity contribution is 5.83. The minimum absolute atomic E-state index is 0.0744. The first kappa shape index (κ1) is 21.2. The number of rotatable bonds is 4. The Bertz CT molecular complexity index is 912. The zero-order chi connectivity index (χ0) is 21.6. The molecule has 1 saturated heterocycles. The van der Waals surface area contributed by atoms with Gasteiger partial charge in [-0.1, -0.05) is 0 Å². The predicted octanol–water partition coefficient (Wildman–Crippen LogP) is 2.37. The van der Waals surface area contributed by atoms with Crippen LogP contribution in [0.15, 0.2) is 18.2 Å². The van der Waals surface area contributed by atoms with E-state index in [1.165, 1.54) is 15.5 Å².